The molecule has 0 aliphatic rings. The van der Waals surface area contributed by atoms with Gasteiger partial charge >= 0.3 is 5.97 Å². The van der Waals surface area contributed by atoms with Crippen LogP contribution in [0.2, 0.25) is 0 Å². The molecule has 1 amide bonds. The van der Waals surface area contributed by atoms with Gasteiger partial charge in [-0.15, -0.1) is 0 Å². The lowest BCUT2D eigenvalue weighted by Gasteiger charge is -2.09. The second-order valence-corrected chi connectivity index (χ2v) is 4.14. The standard InChI is InChI=1S/C16H19NO5/c1-4-5-6-7-16(19)22-11-15(18)17-12-8-13(20-2)10-14(9-12)21-3/h4-10H,11H2,1-3H3,(H,17,18)/b5-4+,7-6+. The van der Waals surface area contributed by atoms with Crippen LogP contribution in [0.3, 0.4) is 0 Å². The van der Waals surface area contributed by atoms with Crippen LogP contribution in [-0.4, -0.2) is 32.7 Å². The molecule has 0 atom stereocenters. The summed E-state index contributed by atoms with van der Waals surface area (Å²) in [6.45, 7) is 1.45. The van der Waals surface area contributed by atoms with E-state index < -0.39 is 11.9 Å². The summed E-state index contributed by atoms with van der Waals surface area (Å²) in [7, 11) is 3.03. The third kappa shape index (κ3) is 6.13. The number of rotatable bonds is 7. The average molecular weight is 305 g/mol. The molecule has 0 heterocycles. The van der Waals surface area contributed by atoms with E-state index in [-0.39, 0.29) is 6.61 Å². The van der Waals surface area contributed by atoms with Crippen molar-refractivity contribution in [2.24, 2.45) is 0 Å². The predicted molar refractivity (Wildman–Crippen MR) is 83.1 cm³/mol. The molecule has 1 rings (SSSR count). The number of ether oxygens (including phenoxy) is 3. The molecule has 1 aromatic rings. The number of methoxy groups -OCH3 is 2. The number of nitrogens with one attached hydrogen (secondary N) is 1. The van der Waals surface area contributed by atoms with Crippen molar-refractivity contribution in [3.8, 4) is 11.5 Å². The Bertz CT molecular complexity index is 556. The Morgan fingerprint density at radius 1 is 1.09 bits per heavy atom. The van der Waals surface area contributed by atoms with Gasteiger partial charge in [0.15, 0.2) is 6.61 Å². The molecule has 0 saturated heterocycles. The van der Waals surface area contributed by atoms with Gasteiger partial charge in [-0.2, -0.15) is 0 Å². The lowest BCUT2D eigenvalue weighted by Crippen LogP contribution is -2.20. The van der Waals surface area contributed by atoms with Gasteiger partial charge in [-0.1, -0.05) is 18.2 Å². The molecule has 118 valence electrons. The van der Waals surface area contributed by atoms with Gasteiger partial charge in [0, 0.05) is 30.0 Å². The molecule has 0 fully saturated rings. The van der Waals surface area contributed by atoms with Crippen LogP contribution in [0.5, 0.6) is 11.5 Å². The molecule has 0 saturated carbocycles. The van der Waals surface area contributed by atoms with Gasteiger partial charge < -0.3 is 19.5 Å². The first kappa shape index (κ1) is 17.3. The van der Waals surface area contributed by atoms with Gasteiger partial charge in [0.25, 0.3) is 5.91 Å². The highest BCUT2D eigenvalue weighted by molar-refractivity contribution is 5.94. The van der Waals surface area contributed by atoms with Crippen molar-refractivity contribution in [2.45, 2.75) is 6.92 Å². The maximum atomic E-state index is 11.7. The van der Waals surface area contributed by atoms with E-state index in [1.165, 1.54) is 26.4 Å². The summed E-state index contributed by atoms with van der Waals surface area (Å²) in [5, 5.41) is 2.60. The Balaban J connectivity index is 2.56. The Morgan fingerprint density at radius 3 is 2.27 bits per heavy atom. The van der Waals surface area contributed by atoms with E-state index in [1.54, 1.807) is 30.4 Å². The van der Waals surface area contributed by atoms with Gasteiger partial charge in [0.1, 0.15) is 11.5 Å². The number of anilines is 1. The average Bonchev–Trinajstić information content (AvgIpc) is 2.52. The van der Waals surface area contributed by atoms with E-state index in [9.17, 15) is 9.59 Å². The number of carbonyl (C=O) groups is 2. The van der Waals surface area contributed by atoms with Crippen molar-refractivity contribution in [1.29, 1.82) is 0 Å². The van der Waals surface area contributed by atoms with Crippen LogP contribution in [0.25, 0.3) is 0 Å². The zero-order valence-corrected chi connectivity index (χ0v) is 12.8. The maximum absolute atomic E-state index is 11.7. The topological polar surface area (TPSA) is 73.9 Å². The minimum Gasteiger partial charge on any atom is -0.497 e. The van der Waals surface area contributed by atoms with E-state index >= 15 is 0 Å². The fraction of sp³-hybridized carbons (Fsp3) is 0.250. The molecule has 0 unspecified atom stereocenters. The minimum absolute atomic E-state index is 0.376. The van der Waals surface area contributed by atoms with Crippen LogP contribution < -0.4 is 14.8 Å². The molecule has 1 N–H and O–H groups in total. The number of hydrogen-bond donors (Lipinski definition) is 1. The second-order valence-electron chi connectivity index (χ2n) is 4.14. The van der Waals surface area contributed by atoms with Crippen molar-refractivity contribution in [3.05, 3.63) is 42.5 Å². The summed E-state index contributed by atoms with van der Waals surface area (Å²) in [6, 6.07) is 4.95. The predicted octanol–water partition coefficient (Wildman–Crippen LogP) is 2.32. The first-order valence-electron chi connectivity index (χ1n) is 6.58. The minimum atomic E-state index is -0.587. The van der Waals surface area contributed by atoms with Crippen molar-refractivity contribution >= 4 is 17.6 Å². The second kappa shape index (κ2) is 9.23. The molecule has 0 aliphatic heterocycles. The van der Waals surface area contributed by atoms with Crippen LogP contribution in [-0.2, 0) is 14.3 Å². The van der Waals surface area contributed by atoms with Crippen molar-refractivity contribution in [1.82, 2.24) is 0 Å². The molecule has 6 heteroatoms. The summed E-state index contributed by atoms with van der Waals surface area (Å²) < 4.78 is 15.0. The normalized spacial score (nSPS) is 10.7. The largest absolute Gasteiger partial charge is 0.497 e. The zero-order chi connectivity index (χ0) is 16.4. The molecular formula is C16H19NO5. The highest BCUT2D eigenvalue weighted by Gasteiger charge is 2.08. The van der Waals surface area contributed by atoms with Gasteiger partial charge in [-0.25, -0.2) is 4.79 Å². The lowest BCUT2D eigenvalue weighted by atomic mass is 10.2. The molecule has 0 radical (unpaired) electrons. The lowest BCUT2D eigenvalue weighted by molar-refractivity contribution is -0.142. The Hall–Kier alpha value is -2.76. The van der Waals surface area contributed by atoms with E-state index in [1.807, 2.05) is 6.92 Å². The number of amides is 1. The zero-order valence-electron chi connectivity index (χ0n) is 12.8. The molecule has 22 heavy (non-hydrogen) atoms. The summed E-state index contributed by atoms with van der Waals surface area (Å²) in [5.41, 5.74) is 0.488. The SMILES string of the molecule is C/C=C/C=C/C(=O)OCC(=O)Nc1cc(OC)cc(OC)c1. The van der Waals surface area contributed by atoms with Crippen LogP contribution >= 0.6 is 0 Å². The van der Waals surface area contributed by atoms with E-state index in [0.717, 1.165) is 0 Å². The molecule has 0 spiro atoms. The molecule has 0 aromatic heterocycles. The van der Waals surface area contributed by atoms with Gasteiger partial charge in [-0.3, -0.25) is 4.79 Å². The molecule has 1 aromatic carbocycles. The first-order chi connectivity index (χ1) is 10.6. The van der Waals surface area contributed by atoms with Crippen molar-refractivity contribution in [3.63, 3.8) is 0 Å². The monoisotopic (exact) mass is 305 g/mol. The Kier molecular flexibility index (Phi) is 7.25. The van der Waals surface area contributed by atoms with E-state index in [2.05, 4.69) is 5.32 Å². The van der Waals surface area contributed by atoms with Crippen LogP contribution in [0, 0.1) is 0 Å². The van der Waals surface area contributed by atoms with E-state index in [0.29, 0.717) is 17.2 Å². The maximum Gasteiger partial charge on any atom is 0.331 e. The number of hydrogen-bond acceptors (Lipinski definition) is 5. The van der Waals surface area contributed by atoms with Crippen LogP contribution in [0.4, 0.5) is 5.69 Å². The van der Waals surface area contributed by atoms with E-state index in [4.69, 9.17) is 14.2 Å². The summed E-state index contributed by atoms with van der Waals surface area (Å²) in [4.78, 5) is 23.1. The summed E-state index contributed by atoms with van der Waals surface area (Å²) in [5.74, 6) is 0.0430. The quantitative estimate of drug-likeness (QED) is 0.475. The fourth-order valence-electron chi connectivity index (χ4n) is 1.51. The van der Waals surface area contributed by atoms with Crippen LogP contribution in [0.1, 0.15) is 6.92 Å². The highest BCUT2D eigenvalue weighted by Crippen LogP contribution is 2.25. The molecule has 0 aliphatic carbocycles. The molecular weight excluding hydrogens is 286 g/mol. The third-order valence-electron chi connectivity index (χ3n) is 2.52. The summed E-state index contributed by atoms with van der Waals surface area (Å²) in [6.07, 6.45) is 6.23. The summed E-state index contributed by atoms with van der Waals surface area (Å²) >= 11 is 0. The van der Waals surface area contributed by atoms with Gasteiger partial charge in [0.05, 0.1) is 14.2 Å². The smallest absolute Gasteiger partial charge is 0.331 e. The number of allylic oxidation sites excluding steroid dienone is 3. The Morgan fingerprint density at radius 2 is 1.73 bits per heavy atom. The number of benzene rings is 1. The molecule has 6 nitrogen and oxygen atoms in total. The molecule has 0 bridgehead atoms. The highest BCUT2D eigenvalue weighted by atomic mass is 16.5. The van der Waals surface area contributed by atoms with Crippen molar-refractivity contribution < 1.29 is 23.8 Å². The number of esters is 1. The van der Waals surface area contributed by atoms with Gasteiger partial charge in [0.2, 0.25) is 0 Å². The van der Waals surface area contributed by atoms with Crippen LogP contribution in [0.15, 0.2) is 42.5 Å². The van der Waals surface area contributed by atoms with Gasteiger partial charge in [-0.05, 0) is 6.92 Å². The first-order valence-corrected chi connectivity index (χ1v) is 6.58. The Labute approximate surface area is 129 Å². The third-order valence-corrected chi connectivity index (χ3v) is 2.52. The van der Waals surface area contributed by atoms with Crippen molar-refractivity contribution in [2.75, 3.05) is 26.1 Å². The fourth-order valence-corrected chi connectivity index (χ4v) is 1.51. The number of carbonyl (C=O) groups excluding carboxylic acids is 2.